The molecule has 0 spiro atoms. The second-order valence-electron chi connectivity index (χ2n) is 5.42. The number of hydrogen-bond donors (Lipinski definition) is 1. The Balaban J connectivity index is 1.80. The van der Waals surface area contributed by atoms with E-state index in [1.54, 1.807) is 18.3 Å². The Bertz CT molecular complexity index is 605. The SMILES string of the molecule is COc1cc(Nc2nccn2C2CCCCC2)ccc1F. The molecule has 1 heterocycles. The van der Waals surface area contributed by atoms with Gasteiger partial charge in [-0.05, 0) is 25.0 Å². The van der Waals surface area contributed by atoms with Crippen molar-refractivity contribution in [3.8, 4) is 5.75 Å². The summed E-state index contributed by atoms with van der Waals surface area (Å²) in [5.41, 5.74) is 0.775. The van der Waals surface area contributed by atoms with Crippen LogP contribution in [0.3, 0.4) is 0 Å². The zero-order chi connectivity index (χ0) is 14.7. The lowest BCUT2D eigenvalue weighted by Crippen LogP contribution is -2.14. The molecular weight excluding hydrogens is 269 g/mol. The molecule has 5 heteroatoms. The van der Waals surface area contributed by atoms with Crippen LogP contribution in [0.1, 0.15) is 38.1 Å². The summed E-state index contributed by atoms with van der Waals surface area (Å²) in [5, 5.41) is 3.26. The molecule has 3 rings (SSSR count). The summed E-state index contributed by atoms with van der Waals surface area (Å²) in [6.45, 7) is 0. The van der Waals surface area contributed by atoms with E-state index >= 15 is 0 Å². The Labute approximate surface area is 124 Å². The highest BCUT2D eigenvalue weighted by Gasteiger charge is 2.18. The van der Waals surface area contributed by atoms with Gasteiger partial charge in [0.15, 0.2) is 11.6 Å². The maximum Gasteiger partial charge on any atom is 0.207 e. The maximum absolute atomic E-state index is 13.4. The number of hydrogen-bond acceptors (Lipinski definition) is 3. The average molecular weight is 289 g/mol. The van der Waals surface area contributed by atoms with Crippen LogP contribution in [0.4, 0.5) is 16.0 Å². The number of nitrogens with zero attached hydrogens (tertiary/aromatic N) is 2. The maximum atomic E-state index is 13.4. The molecule has 1 aliphatic carbocycles. The van der Waals surface area contributed by atoms with Crippen LogP contribution in [0.25, 0.3) is 0 Å². The van der Waals surface area contributed by atoms with Gasteiger partial charge in [-0.3, -0.25) is 0 Å². The Morgan fingerprint density at radius 2 is 2.10 bits per heavy atom. The van der Waals surface area contributed by atoms with Gasteiger partial charge in [0.1, 0.15) is 0 Å². The molecule has 1 aliphatic rings. The Hall–Kier alpha value is -2.04. The van der Waals surface area contributed by atoms with Gasteiger partial charge >= 0.3 is 0 Å². The van der Waals surface area contributed by atoms with E-state index in [4.69, 9.17) is 4.74 Å². The predicted octanol–water partition coefficient (Wildman–Crippen LogP) is 4.28. The highest BCUT2D eigenvalue weighted by molar-refractivity contribution is 5.56. The van der Waals surface area contributed by atoms with E-state index in [9.17, 15) is 4.39 Å². The number of rotatable bonds is 4. The molecule has 0 bridgehead atoms. The number of nitrogens with one attached hydrogen (secondary N) is 1. The minimum absolute atomic E-state index is 0.232. The normalized spacial score (nSPS) is 15.9. The van der Waals surface area contributed by atoms with Crippen molar-refractivity contribution in [2.75, 3.05) is 12.4 Å². The fraction of sp³-hybridized carbons (Fsp3) is 0.438. The molecule has 1 aromatic carbocycles. The first kappa shape index (κ1) is 13.9. The van der Waals surface area contributed by atoms with E-state index in [0.717, 1.165) is 11.6 Å². The molecule has 0 amide bonds. The van der Waals surface area contributed by atoms with Crippen molar-refractivity contribution in [2.24, 2.45) is 0 Å². The van der Waals surface area contributed by atoms with E-state index in [0.29, 0.717) is 6.04 Å². The first-order valence-corrected chi connectivity index (χ1v) is 7.41. The van der Waals surface area contributed by atoms with Crippen LogP contribution in [0.5, 0.6) is 5.75 Å². The predicted molar refractivity (Wildman–Crippen MR) is 80.6 cm³/mol. The molecule has 21 heavy (non-hydrogen) atoms. The molecule has 0 saturated heterocycles. The van der Waals surface area contributed by atoms with Crippen molar-refractivity contribution >= 4 is 11.6 Å². The highest BCUT2D eigenvalue weighted by Crippen LogP contribution is 2.31. The summed E-state index contributed by atoms with van der Waals surface area (Å²) >= 11 is 0. The van der Waals surface area contributed by atoms with Gasteiger partial charge < -0.3 is 14.6 Å². The van der Waals surface area contributed by atoms with Gasteiger partial charge in [0, 0.05) is 30.2 Å². The van der Waals surface area contributed by atoms with Gasteiger partial charge in [0.25, 0.3) is 0 Å². The third kappa shape index (κ3) is 3.01. The van der Waals surface area contributed by atoms with Crippen LogP contribution < -0.4 is 10.1 Å². The molecule has 0 aliphatic heterocycles. The third-order valence-corrected chi connectivity index (χ3v) is 4.04. The summed E-state index contributed by atoms with van der Waals surface area (Å²) in [4.78, 5) is 4.38. The summed E-state index contributed by atoms with van der Waals surface area (Å²) in [7, 11) is 1.46. The lowest BCUT2D eigenvalue weighted by molar-refractivity contribution is 0.356. The van der Waals surface area contributed by atoms with Crippen molar-refractivity contribution in [1.29, 1.82) is 0 Å². The van der Waals surface area contributed by atoms with Crippen LogP contribution >= 0.6 is 0 Å². The average Bonchev–Trinajstić information content (AvgIpc) is 2.98. The molecule has 1 saturated carbocycles. The number of ether oxygens (including phenoxy) is 1. The summed E-state index contributed by atoms with van der Waals surface area (Å²) in [6.07, 6.45) is 10.1. The van der Waals surface area contributed by atoms with Gasteiger partial charge in [-0.15, -0.1) is 0 Å². The number of anilines is 2. The van der Waals surface area contributed by atoms with Crippen LogP contribution in [0.2, 0.25) is 0 Å². The Kier molecular flexibility index (Phi) is 4.08. The minimum atomic E-state index is -0.362. The second-order valence-corrected chi connectivity index (χ2v) is 5.42. The second kappa shape index (κ2) is 6.16. The first-order valence-electron chi connectivity index (χ1n) is 7.41. The van der Waals surface area contributed by atoms with Gasteiger partial charge in [0.2, 0.25) is 5.95 Å². The van der Waals surface area contributed by atoms with Crippen LogP contribution in [0, 0.1) is 5.82 Å². The molecule has 1 N–H and O–H groups in total. The fourth-order valence-electron chi connectivity index (χ4n) is 2.93. The summed E-state index contributed by atoms with van der Waals surface area (Å²) in [5.74, 6) is 0.671. The monoisotopic (exact) mass is 289 g/mol. The Morgan fingerprint density at radius 3 is 2.86 bits per heavy atom. The van der Waals surface area contributed by atoms with E-state index in [-0.39, 0.29) is 11.6 Å². The van der Waals surface area contributed by atoms with E-state index < -0.39 is 0 Å². The number of benzene rings is 1. The van der Waals surface area contributed by atoms with Gasteiger partial charge in [-0.25, -0.2) is 9.37 Å². The minimum Gasteiger partial charge on any atom is -0.494 e. The highest BCUT2D eigenvalue weighted by atomic mass is 19.1. The van der Waals surface area contributed by atoms with Crippen molar-refractivity contribution in [3.05, 3.63) is 36.4 Å². The number of halogens is 1. The lowest BCUT2D eigenvalue weighted by atomic mass is 9.95. The van der Waals surface area contributed by atoms with E-state index in [1.165, 1.54) is 45.3 Å². The summed E-state index contributed by atoms with van der Waals surface area (Å²) < 4.78 is 20.6. The van der Waals surface area contributed by atoms with Crippen molar-refractivity contribution in [2.45, 2.75) is 38.1 Å². The van der Waals surface area contributed by atoms with Crippen molar-refractivity contribution in [1.82, 2.24) is 9.55 Å². The topological polar surface area (TPSA) is 39.1 Å². The lowest BCUT2D eigenvalue weighted by Gasteiger charge is -2.24. The quantitative estimate of drug-likeness (QED) is 0.913. The van der Waals surface area contributed by atoms with E-state index in [1.807, 2.05) is 6.20 Å². The Morgan fingerprint density at radius 1 is 1.29 bits per heavy atom. The molecule has 0 unspecified atom stereocenters. The zero-order valence-corrected chi connectivity index (χ0v) is 12.2. The van der Waals surface area contributed by atoms with E-state index in [2.05, 4.69) is 14.9 Å². The van der Waals surface area contributed by atoms with Gasteiger partial charge in [-0.2, -0.15) is 0 Å². The zero-order valence-electron chi connectivity index (χ0n) is 12.2. The third-order valence-electron chi connectivity index (χ3n) is 4.04. The fourth-order valence-corrected chi connectivity index (χ4v) is 2.93. The van der Waals surface area contributed by atoms with Gasteiger partial charge in [0.05, 0.1) is 7.11 Å². The number of methoxy groups -OCH3 is 1. The molecule has 1 aromatic heterocycles. The van der Waals surface area contributed by atoms with Gasteiger partial charge in [-0.1, -0.05) is 19.3 Å². The molecular formula is C16H20FN3O. The molecule has 112 valence electrons. The smallest absolute Gasteiger partial charge is 0.207 e. The molecule has 4 nitrogen and oxygen atoms in total. The largest absolute Gasteiger partial charge is 0.494 e. The molecule has 0 radical (unpaired) electrons. The summed E-state index contributed by atoms with van der Waals surface area (Å²) in [6, 6.07) is 5.24. The number of aromatic nitrogens is 2. The van der Waals surface area contributed by atoms with Crippen LogP contribution in [0.15, 0.2) is 30.6 Å². The van der Waals surface area contributed by atoms with Crippen LogP contribution in [-0.4, -0.2) is 16.7 Å². The van der Waals surface area contributed by atoms with Crippen molar-refractivity contribution in [3.63, 3.8) is 0 Å². The standard InChI is InChI=1S/C16H20FN3O/c1-21-15-11-12(7-8-14(15)17)19-16-18-9-10-20(16)13-5-3-2-4-6-13/h7-11,13H,2-6H2,1H3,(H,18,19). The van der Waals surface area contributed by atoms with Crippen LogP contribution in [-0.2, 0) is 0 Å². The molecule has 1 fully saturated rings. The number of imidazole rings is 1. The van der Waals surface area contributed by atoms with Crippen molar-refractivity contribution < 1.29 is 9.13 Å². The first-order chi connectivity index (χ1) is 10.3. The molecule has 2 aromatic rings. The molecule has 0 atom stereocenters.